The summed E-state index contributed by atoms with van der Waals surface area (Å²) in [6, 6.07) is 3.34. The van der Waals surface area contributed by atoms with Crippen molar-refractivity contribution in [2.75, 3.05) is 19.0 Å². The van der Waals surface area contributed by atoms with Crippen molar-refractivity contribution in [1.82, 2.24) is 10.3 Å². The molecular weight excluding hydrogens is 280 g/mol. The van der Waals surface area contributed by atoms with E-state index in [0.717, 1.165) is 17.7 Å². The van der Waals surface area contributed by atoms with E-state index >= 15 is 0 Å². The number of hydrogen-bond donors (Lipinski definition) is 2. The third-order valence-electron chi connectivity index (χ3n) is 2.91. The number of carboxylic acid groups (broad SMARTS) is 1. The number of carbonyl (C=O) groups excluding carboxylic acids is 1. The molecule has 1 saturated heterocycles. The Bertz CT molecular complexity index is 489. The van der Waals surface area contributed by atoms with Crippen molar-refractivity contribution < 1.29 is 19.4 Å². The van der Waals surface area contributed by atoms with E-state index in [9.17, 15) is 9.59 Å². The summed E-state index contributed by atoms with van der Waals surface area (Å²) in [7, 11) is 0. The molecule has 1 fully saturated rings. The van der Waals surface area contributed by atoms with Gasteiger partial charge in [0.1, 0.15) is 5.69 Å². The van der Waals surface area contributed by atoms with Gasteiger partial charge in [-0.25, -0.2) is 9.78 Å². The van der Waals surface area contributed by atoms with Crippen molar-refractivity contribution in [3.63, 3.8) is 0 Å². The first kappa shape index (κ1) is 14.8. The summed E-state index contributed by atoms with van der Waals surface area (Å²) in [6.45, 7) is 1.37. The zero-order valence-electron chi connectivity index (χ0n) is 10.9. The van der Waals surface area contributed by atoms with E-state index in [4.69, 9.17) is 9.84 Å². The van der Waals surface area contributed by atoms with E-state index < -0.39 is 5.97 Å². The third kappa shape index (κ3) is 4.50. The number of carboxylic acids is 1. The molecule has 1 aromatic rings. The first-order chi connectivity index (χ1) is 9.65. The molecule has 0 radical (unpaired) electrons. The Hall–Kier alpha value is -1.60. The minimum atomic E-state index is -1.07. The van der Waals surface area contributed by atoms with Crippen LogP contribution in [-0.2, 0) is 9.53 Å². The Labute approximate surface area is 120 Å². The first-order valence-corrected chi connectivity index (χ1v) is 7.33. The van der Waals surface area contributed by atoms with Gasteiger partial charge in [0.15, 0.2) is 0 Å². The van der Waals surface area contributed by atoms with Gasteiger partial charge in [0.25, 0.3) is 0 Å². The van der Waals surface area contributed by atoms with Crippen LogP contribution in [-0.4, -0.2) is 47.0 Å². The molecule has 0 atom stereocenters. The van der Waals surface area contributed by atoms with E-state index in [1.54, 1.807) is 6.07 Å². The SMILES string of the molecule is O=C(CSc1ccnc(C(=O)O)c1)NC1CCOCC1. The summed E-state index contributed by atoms with van der Waals surface area (Å²) >= 11 is 1.30. The Morgan fingerprint density at radius 2 is 2.20 bits per heavy atom. The summed E-state index contributed by atoms with van der Waals surface area (Å²) in [5.41, 5.74) is -0.0140. The number of thioether (sulfide) groups is 1. The Kier molecular flexibility index (Phi) is 5.37. The van der Waals surface area contributed by atoms with E-state index in [1.807, 2.05) is 0 Å². The van der Waals surface area contributed by atoms with Crippen LogP contribution < -0.4 is 5.32 Å². The van der Waals surface area contributed by atoms with E-state index in [1.165, 1.54) is 24.0 Å². The second kappa shape index (κ2) is 7.25. The van der Waals surface area contributed by atoms with Gasteiger partial charge in [-0.3, -0.25) is 4.79 Å². The van der Waals surface area contributed by atoms with E-state index in [2.05, 4.69) is 10.3 Å². The molecule has 20 heavy (non-hydrogen) atoms. The van der Waals surface area contributed by atoms with Crippen LogP contribution in [0.15, 0.2) is 23.2 Å². The summed E-state index contributed by atoms with van der Waals surface area (Å²) in [5, 5.41) is 11.8. The maximum atomic E-state index is 11.8. The molecule has 0 aromatic carbocycles. The fourth-order valence-electron chi connectivity index (χ4n) is 1.88. The normalized spacial score (nSPS) is 15.8. The highest BCUT2D eigenvalue weighted by atomic mass is 32.2. The van der Waals surface area contributed by atoms with Crippen molar-refractivity contribution in [2.45, 2.75) is 23.8 Å². The molecule has 6 nitrogen and oxygen atoms in total. The topological polar surface area (TPSA) is 88.5 Å². The Morgan fingerprint density at radius 3 is 2.90 bits per heavy atom. The lowest BCUT2D eigenvalue weighted by Gasteiger charge is -2.22. The molecule has 1 aliphatic rings. The molecule has 0 bridgehead atoms. The van der Waals surface area contributed by atoms with Gasteiger partial charge in [-0.15, -0.1) is 11.8 Å². The Balaban J connectivity index is 1.80. The number of aromatic carboxylic acids is 1. The van der Waals surface area contributed by atoms with Gasteiger partial charge in [0, 0.05) is 30.3 Å². The van der Waals surface area contributed by atoms with E-state index in [-0.39, 0.29) is 23.4 Å². The zero-order valence-corrected chi connectivity index (χ0v) is 11.7. The molecule has 0 saturated carbocycles. The highest BCUT2D eigenvalue weighted by Gasteiger charge is 2.16. The van der Waals surface area contributed by atoms with Gasteiger partial charge in [-0.05, 0) is 25.0 Å². The average Bonchev–Trinajstić information content (AvgIpc) is 2.46. The molecule has 7 heteroatoms. The molecule has 2 N–H and O–H groups in total. The fourth-order valence-corrected chi connectivity index (χ4v) is 2.61. The summed E-state index contributed by atoms with van der Waals surface area (Å²) in [4.78, 5) is 27.0. The predicted octanol–water partition coefficient (Wildman–Crippen LogP) is 1.17. The number of rotatable bonds is 5. The standard InChI is InChI=1S/C13H16N2O4S/c16-12(15-9-2-5-19-6-3-9)8-20-10-1-4-14-11(7-10)13(17)18/h1,4,7,9H,2-3,5-6,8H2,(H,15,16)(H,17,18). The number of aromatic nitrogens is 1. The van der Waals surface area contributed by atoms with Crippen LogP contribution in [0.5, 0.6) is 0 Å². The van der Waals surface area contributed by atoms with Crippen LogP contribution in [0.3, 0.4) is 0 Å². The fraction of sp³-hybridized carbons (Fsp3) is 0.462. The Morgan fingerprint density at radius 1 is 1.45 bits per heavy atom. The third-order valence-corrected chi connectivity index (χ3v) is 3.90. The minimum Gasteiger partial charge on any atom is -0.477 e. The second-order valence-electron chi connectivity index (χ2n) is 4.42. The maximum absolute atomic E-state index is 11.8. The molecule has 108 valence electrons. The largest absolute Gasteiger partial charge is 0.477 e. The maximum Gasteiger partial charge on any atom is 0.354 e. The van der Waals surface area contributed by atoms with Gasteiger partial charge in [0.05, 0.1) is 5.75 Å². The molecule has 0 aliphatic carbocycles. The monoisotopic (exact) mass is 296 g/mol. The van der Waals surface area contributed by atoms with Crippen LogP contribution >= 0.6 is 11.8 Å². The number of hydrogen-bond acceptors (Lipinski definition) is 5. The molecule has 0 unspecified atom stereocenters. The average molecular weight is 296 g/mol. The van der Waals surface area contributed by atoms with Crippen molar-refractivity contribution in [3.05, 3.63) is 24.0 Å². The number of nitrogens with zero attached hydrogens (tertiary/aromatic N) is 1. The number of carbonyl (C=O) groups is 2. The number of nitrogens with one attached hydrogen (secondary N) is 1. The van der Waals surface area contributed by atoms with Crippen LogP contribution in [0.1, 0.15) is 23.3 Å². The number of ether oxygens (including phenoxy) is 1. The summed E-state index contributed by atoms with van der Waals surface area (Å²) in [5.74, 6) is -0.852. The van der Waals surface area contributed by atoms with Crippen LogP contribution in [0.25, 0.3) is 0 Å². The molecule has 0 spiro atoms. The molecule has 2 rings (SSSR count). The van der Waals surface area contributed by atoms with Gasteiger partial charge >= 0.3 is 5.97 Å². The molecule has 2 heterocycles. The molecule has 1 aliphatic heterocycles. The van der Waals surface area contributed by atoms with Crippen molar-refractivity contribution in [3.8, 4) is 0 Å². The van der Waals surface area contributed by atoms with Gasteiger partial charge in [-0.1, -0.05) is 0 Å². The highest BCUT2D eigenvalue weighted by molar-refractivity contribution is 8.00. The van der Waals surface area contributed by atoms with E-state index in [0.29, 0.717) is 13.2 Å². The first-order valence-electron chi connectivity index (χ1n) is 6.34. The smallest absolute Gasteiger partial charge is 0.354 e. The van der Waals surface area contributed by atoms with Gasteiger partial charge in [0.2, 0.25) is 5.91 Å². The zero-order chi connectivity index (χ0) is 14.4. The van der Waals surface area contributed by atoms with Crippen LogP contribution in [0.2, 0.25) is 0 Å². The summed E-state index contributed by atoms with van der Waals surface area (Å²) < 4.78 is 5.23. The second-order valence-corrected chi connectivity index (χ2v) is 5.47. The molecule has 1 aromatic heterocycles. The predicted molar refractivity (Wildman–Crippen MR) is 73.9 cm³/mol. The van der Waals surface area contributed by atoms with Crippen LogP contribution in [0, 0.1) is 0 Å². The van der Waals surface area contributed by atoms with Gasteiger partial charge < -0.3 is 15.2 Å². The quantitative estimate of drug-likeness (QED) is 0.793. The van der Waals surface area contributed by atoms with Crippen molar-refractivity contribution >= 4 is 23.6 Å². The molecule has 1 amide bonds. The number of amides is 1. The molecular formula is C13H16N2O4S. The minimum absolute atomic E-state index is 0.0140. The number of pyridine rings is 1. The van der Waals surface area contributed by atoms with Gasteiger partial charge in [-0.2, -0.15) is 0 Å². The highest BCUT2D eigenvalue weighted by Crippen LogP contribution is 2.18. The lowest BCUT2D eigenvalue weighted by molar-refractivity contribution is -0.119. The van der Waals surface area contributed by atoms with Crippen molar-refractivity contribution in [2.24, 2.45) is 0 Å². The lowest BCUT2D eigenvalue weighted by Crippen LogP contribution is -2.39. The van der Waals surface area contributed by atoms with Crippen molar-refractivity contribution in [1.29, 1.82) is 0 Å². The lowest BCUT2D eigenvalue weighted by atomic mass is 10.1. The summed E-state index contributed by atoms with van der Waals surface area (Å²) in [6.07, 6.45) is 3.12. The van der Waals surface area contributed by atoms with Crippen LogP contribution in [0.4, 0.5) is 0 Å².